The average molecular weight is 331 g/mol. The van der Waals surface area contributed by atoms with Gasteiger partial charge >= 0.3 is 5.97 Å². The fraction of sp³-hybridized carbons (Fsp3) is 0.875. The Morgan fingerprint density at radius 2 is 1.91 bits per heavy atom. The number of piperidine rings is 1. The van der Waals surface area contributed by atoms with Crippen LogP contribution < -0.4 is 0 Å². The zero-order chi connectivity index (χ0) is 15.0. The number of amides is 1. The number of carbonyl (C=O) groups is 2. The van der Waals surface area contributed by atoms with Crippen LogP contribution in [0.2, 0.25) is 0 Å². The Kier molecular flexibility index (Phi) is 5.38. The van der Waals surface area contributed by atoms with E-state index < -0.39 is 11.4 Å². The molecule has 6 heteroatoms. The van der Waals surface area contributed by atoms with Gasteiger partial charge in [-0.1, -0.05) is 13.3 Å². The molecule has 3 aliphatic rings. The van der Waals surface area contributed by atoms with E-state index in [1.54, 1.807) is 0 Å². The Hall–Kier alpha value is -0.810. The second kappa shape index (κ2) is 6.75. The lowest BCUT2D eigenvalue weighted by Crippen LogP contribution is -2.44. The predicted octanol–water partition coefficient (Wildman–Crippen LogP) is 1.85. The number of hydrogen-bond donors (Lipinski definition) is 1. The normalized spacial score (nSPS) is 32.6. The predicted molar refractivity (Wildman–Crippen MR) is 86.1 cm³/mol. The van der Waals surface area contributed by atoms with Crippen molar-refractivity contribution in [3.63, 3.8) is 0 Å². The molecule has 2 aliphatic heterocycles. The maximum atomic E-state index is 12.4. The molecule has 2 saturated heterocycles. The van der Waals surface area contributed by atoms with Crippen molar-refractivity contribution >= 4 is 24.3 Å². The molecule has 2 atom stereocenters. The van der Waals surface area contributed by atoms with Gasteiger partial charge < -0.3 is 10.0 Å². The van der Waals surface area contributed by atoms with E-state index in [2.05, 4.69) is 11.8 Å². The standard InChI is InChI=1S/C16H26N2O3.ClH/c1-12-4-7-18(8-5-12)14(19)10-17-9-13-3-2-6-16(13,11-17)15(20)21;/h12-13H,2-11H2,1H3,(H,20,21);1H/t13-,16+;/m0./s1. The quantitative estimate of drug-likeness (QED) is 0.858. The minimum atomic E-state index is -0.660. The summed E-state index contributed by atoms with van der Waals surface area (Å²) in [7, 11) is 0. The zero-order valence-electron chi connectivity index (χ0n) is 13.3. The van der Waals surface area contributed by atoms with Gasteiger partial charge in [0.25, 0.3) is 0 Å². The number of carbonyl (C=O) groups excluding carboxylic acids is 1. The van der Waals surface area contributed by atoms with Gasteiger partial charge in [0.05, 0.1) is 12.0 Å². The molecule has 0 radical (unpaired) electrons. The number of fused-ring (bicyclic) bond motifs is 1. The van der Waals surface area contributed by atoms with Gasteiger partial charge in [-0.15, -0.1) is 12.4 Å². The Morgan fingerprint density at radius 1 is 1.23 bits per heavy atom. The summed E-state index contributed by atoms with van der Waals surface area (Å²) in [6.45, 7) is 5.70. The van der Waals surface area contributed by atoms with Crippen molar-refractivity contribution in [3.05, 3.63) is 0 Å². The van der Waals surface area contributed by atoms with Crippen molar-refractivity contribution < 1.29 is 14.7 Å². The van der Waals surface area contributed by atoms with Gasteiger partial charge in [0.15, 0.2) is 0 Å². The van der Waals surface area contributed by atoms with Crippen molar-refractivity contribution in [2.24, 2.45) is 17.3 Å². The summed E-state index contributed by atoms with van der Waals surface area (Å²) in [5.41, 5.74) is -0.573. The maximum Gasteiger partial charge on any atom is 0.311 e. The fourth-order valence-electron chi connectivity index (χ4n) is 4.41. The Labute approximate surface area is 138 Å². The smallest absolute Gasteiger partial charge is 0.311 e. The van der Waals surface area contributed by atoms with Gasteiger partial charge in [-0.05, 0) is 37.5 Å². The van der Waals surface area contributed by atoms with Crippen molar-refractivity contribution in [1.29, 1.82) is 0 Å². The van der Waals surface area contributed by atoms with E-state index in [0.29, 0.717) is 13.1 Å². The number of nitrogens with zero attached hydrogens (tertiary/aromatic N) is 2. The molecule has 1 aliphatic carbocycles. The maximum absolute atomic E-state index is 12.4. The van der Waals surface area contributed by atoms with Crippen LogP contribution in [-0.2, 0) is 9.59 Å². The van der Waals surface area contributed by atoms with E-state index in [0.717, 1.165) is 57.7 Å². The summed E-state index contributed by atoms with van der Waals surface area (Å²) >= 11 is 0. The molecule has 0 spiro atoms. The van der Waals surface area contributed by atoms with Gasteiger partial charge in [0.2, 0.25) is 5.91 Å². The largest absolute Gasteiger partial charge is 0.481 e. The van der Waals surface area contributed by atoms with Gasteiger partial charge in [-0.2, -0.15) is 0 Å². The van der Waals surface area contributed by atoms with Crippen LogP contribution in [0.5, 0.6) is 0 Å². The van der Waals surface area contributed by atoms with E-state index in [-0.39, 0.29) is 24.2 Å². The number of aliphatic carboxylic acids is 1. The molecule has 0 aromatic rings. The van der Waals surface area contributed by atoms with Gasteiger partial charge in [0, 0.05) is 26.2 Å². The molecule has 22 heavy (non-hydrogen) atoms. The molecule has 0 aromatic heterocycles. The molecule has 0 unspecified atom stereocenters. The number of rotatable bonds is 3. The van der Waals surface area contributed by atoms with E-state index in [1.165, 1.54) is 0 Å². The van der Waals surface area contributed by atoms with Gasteiger partial charge in [0.1, 0.15) is 0 Å². The molecule has 3 rings (SSSR count). The minimum absolute atomic E-state index is 0. The van der Waals surface area contributed by atoms with Crippen LogP contribution in [0.1, 0.15) is 39.0 Å². The fourth-order valence-corrected chi connectivity index (χ4v) is 4.41. The van der Waals surface area contributed by atoms with Crippen molar-refractivity contribution in [2.75, 3.05) is 32.7 Å². The molecule has 1 N–H and O–H groups in total. The summed E-state index contributed by atoms with van der Waals surface area (Å²) in [4.78, 5) is 28.1. The van der Waals surface area contributed by atoms with Crippen molar-refractivity contribution in [2.45, 2.75) is 39.0 Å². The molecule has 0 bridgehead atoms. The third-order valence-electron chi connectivity index (χ3n) is 5.86. The highest BCUT2D eigenvalue weighted by atomic mass is 35.5. The van der Waals surface area contributed by atoms with Gasteiger partial charge in [-0.25, -0.2) is 0 Å². The average Bonchev–Trinajstić information content (AvgIpc) is 2.97. The molecule has 126 valence electrons. The van der Waals surface area contributed by atoms with Crippen molar-refractivity contribution in [3.8, 4) is 0 Å². The Bertz CT molecular complexity index is 437. The number of carboxylic acid groups (broad SMARTS) is 1. The van der Waals surface area contributed by atoms with Crippen LogP contribution in [0.4, 0.5) is 0 Å². The molecule has 1 saturated carbocycles. The first-order valence-corrected chi connectivity index (χ1v) is 8.25. The van der Waals surface area contributed by atoms with Crippen LogP contribution in [-0.4, -0.2) is 59.5 Å². The lowest BCUT2D eigenvalue weighted by molar-refractivity contribution is -0.149. The highest BCUT2D eigenvalue weighted by Crippen LogP contribution is 2.48. The lowest BCUT2D eigenvalue weighted by atomic mass is 9.81. The first-order valence-electron chi connectivity index (χ1n) is 8.25. The Morgan fingerprint density at radius 3 is 2.50 bits per heavy atom. The first kappa shape index (κ1) is 17.5. The first-order chi connectivity index (χ1) is 10.0. The minimum Gasteiger partial charge on any atom is -0.481 e. The number of likely N-dealkylation sites (tertiary alicyclic amines) is 2. The summed E-state index contributed by atoms with van der Waals surface area (Å²) < 4.78 is 0. The van der Waals surface area contributed by atoms with Crippen LogP contribution in [0.15, 0.2) is 0 Å². The highest BCUT2D eigenvalue weighted by molar-refractivity contribution is 5.85. The molecule has 0 aromatic carbocycles. The summed E-state index contributed by atoms with van der Waals surface area (Å²) in [6, 6.07) is 0. The second-order valence-electron chi connectivity index (χ2n) is 7.28. The number of hydrogen-bond acceptors (Lipinski definition) is 3. The molecule has 2 heterocycles. The monoisotopic (exact) mass is 330 g/mol. The molecule has 1 amide bonds. The third kappa shape index (κ3) is 3.11. The topological polar surface area (TPSA) is 60.9 Å². The van der Waals surface area contributed by atoms with E-state index >= 15 is 0 Å². The van der Waals surface area contributed by atoms with Gasteiger partial charge in [-0.3, -0.25) is 14.5 Å². The number of carboxylic acids is 1. The summed E-state index contributed by atoms with van der Waals surface area (Å²) in [5.74, 6) is 0.480. The van der Waals surface area contributed by atoms with Crippen LogP contribution in [0.3, 0.4) is 0 Å². The van der Waals surface area contributed by atoms with Crippen LogP contribution in [0, 0.1) is 17.3 Å². The molecular formula is C16H27ClN2O3. The van der Waals surface area contributed by atoms with Crippen LogP contribution >= 0.6 is 12.4 Å². The molecule has 5 nitrogen and oxygen atoms in total. The van der Waals surface area contributed by atoms with Crippen molar-refractivity contribution in [1.82, 2.24) is 9.80 Å². The highest BCUT2D eigenvalue weighted by Gasteiger charge is 2.54. The molecular weight excluding hydrogens is 304 g/mol. The SMILES string of the molecule is CC1CCN(C(=O)CN2C[C@@H]3CCC[C@@]3(C(=O)O)C2)CC1.Cl. The summed E-state index contributed by atoms with van der Waals surface area (Å²) in [6.07, 6.45) is 4.97. The molecule has 3 fully saturated rings. The zero-order valence-corrected chi connectivity index (χ0v) is 14.1. The van der Waals surface area contributed by atoms with E-state index in [9.17, 15) is 14.7 Å². The second-order valence-corrected chi connectivity index (χ2v) is 7.28. The van der Waals surface area contributed by atoms with Crippen LogP contribution in [0.25, 0.3) is 0 Å². The summed E-state index contributed by atoms with van der Waals surface area (Å²) in [5, 5.41) is 9.58. The van der Waals surface area contributed by atoms with E-state index in [4.69, 9.17) is 0 Å². The van der Waals surface area contributed by atoms with E-state index in [1.807, 2.05) is 4.90 Å². The lowest BCUT2D eigenvalue weighted by Gasteiger charge is -2.32. The Balaban J connectivity index is 0.00000176. The third-order valence-corrected chi connectivity index (χ3v) is 5.86. The number of halogens is 1.